The fourth-order valence-electron chi connectivity index (χ4n) is 1.12. The summed E-state index contributed by atoms with van der Waals surface area (Å²) in [6.45, 7) is 0. The Bertz CT molecular complexity index is 620. The Labute approximate surface area is 111 Å². The molecule has 2 aromatic rings. The third-order valence-electron chi connectivity index (χ3n) is 1.85. The highest BCUT2D eigenvalue weighted by atomic mass is 79.9. The molecule has 0 saturated heterocycles. The summed E-state index contributed by atoms with van der Waals surface area (Å²) in [5.74, 6) is -2.67. The normalized spacial score (nSPS) is 10.4. The van der Waals surface area contributed by atoms with Gasteiger partial charge in [0, 0.05) is 11.4 Å². The third kappa shape index (κ3) is 2.62. The number of nitrogens with zero attached hydrogens (tertiary/aromatic N) is 2. The van der Waals surface area contributed by atoms with Crippen LogP contribution in [0.3, 0.4) is 0 Å². The molecule has 0 fully saturated rings. The molecular weight excluding hydrogens is 334 g/mol. The number of nitro groups is 1. The molecule has 5 nitrogen and oxygen atoms in total. The third-order valence-corrected chi connectivity index (χ3v) is 3.28. The van der Waals surface area contributed by atoms with Crippen molar-refractivity contribution in [2.75, 3.05) is 0 Å². The topological polar surface area (TPSA) is 65.3 Å². The fourth-order valence-corrected chi connectivity index (χ4v) is 2.21. The van der Waals surface area contributed by atoms with Gasteiger partial charge in [0.25, 0.3) is 5.19 Å². The van der Waals surface area contributed by atoms with Crippen molar-refractivity contribution in [1.29, 1.82) is 0 Å². The number of benzene rings is 1. The van der Waals surface area contributed by atoms with E-state index in [4.69, 9.17) is 4.74 Å². The van der Waals surface area contributed by atoms with Gasteiger partial charge in [0.2, 0.25) is 5.82 Å². The smallest absolute Gasteiger partial charge is 0.307 e. The molecule has 0 atom stereocenters. The molecule has 9 heteroatoms. The summed E-state index contributed by atoms with van der Waals surface area (Å²) in [5, 5.41) is 12.1. The molecule has 0 N–H and O–H groups in total. The van der Waals surface area contributed by atoms with Crippen LogP contribution in [0.4, 0.5) is 14.5 Å². The second-order valence-electron chi connectivity index (χ2n) is 3.03. The zero-order valence-corrected chi connectivity index (χ0v) is 10.8. The quantitative estimate of drug-likeness (QED) is 0.630. The largest absolute Gasteiger partial charge is 0.428 e. The Balaban J connectivity index is 2.35. The maximum absolute atomic E-state index is 13.5. The molecule has 0 amide bonds. The Morgan fingerprint density at radius 2 is 2.11 bits per heavy atom. The summed E-state index contributed by atoms with van der Waals surface area (Å²) >= 11 is 4.14. The van der Waals surface area contributed by atoms with Gasteiger partial charge in [-0.25, -0.2) is 4.39 Å². The second-order valence-corrected chi connectivity index (χ2v) is 4.66. The minimum atomic E-state index is -1.17. The number of thiazole rings is 1. The van der Waals surface area contributed by atoms with E-state index in [0.717, 1.165) is 11.3 Å². The van der Waals surface area contributed by atoms with Gasteiger partial charge in [-0.15, -0.1) is 0 Å². The van der Waals surface area contributed by atoms with E-state index in [0.29, 0.717) is 16.7 Å². The summed E-state index contributed by atoms with van der Waals surface area (Å²) in [7, 11) is 0. The Morgan fingerprint density at radius 1 is 1.39 bits per heavy atom. The summed E-state index contributed by atoms with van der Waals surface area (Å²) in [6, 6.07) is 1.08. The van der Waals surface area contributed by atoms with Crippen molar-refractivity contribution in [2.24, 2.45) is 0 Å². The fraction of sp³-hybridized carbons (Fsp3) is 0. The first-order valence-corrected chi connectivity index (χ1v) is 6.07. The van der Waals surface area contributed by atoms with E-state index in [1.165, 1.54) is 0 Å². The van der Waals surface area contributed by atoms with Gasteiger partial charge >= 0.3 is 5.69 Å². The number of halogens is 3. The molecule has 0 aliphatic heterocycles. The predicted octanol–water partition coefficient (Wildman–Crippen LogP) is 3.88. The van der Waals surface area contributed by atoms with Crippen LogP contribution >= 0.6 is 27.3 Å². The highest BCUT2D eigenvalue weighted by molar-refractivity contribution is 9.10. The molecule has 18 heavy (non-hydrogen) atoms. The SMILES string of the molecule is O=[N+]([O-])c1cc(F)c(Oc2nc(Br)cs2)cc1F. The van der Waals surface area contributed by atoms with Gasteiger partial charge in [-0.1, -0.05) is 11.3 Å². The molecule has 94 valence electrons. The molecule has 0 saturated carbocycles. The van der Waals surface area contributed by atoms with Gasteiger partial charge in [-0.05, 0) is 15.9 Å². The highest BCUT2D eigenvalue weighted by Gasteiger charge is 2.20. The van der Waals surface area contributed by atoms with Crippen molar-refractivity contribution in [1.82, 2.24) is 4.98 Å². The zero-order chi connectivity index (χ0) is 13.3. The maximum Gasteiger partial charge on any atom is 0.307 e. The van der Waals surface area contributed by atoms with E-state index in [2.05, 4.69) is 20.9 Å². The molecule has 0 spiro atoms. The van der Waals surface area contributed by atoms with Crippen LogP contribution in [-0.2, 0) is 0 Å². The Morgan fingerprint density at radius 3 is 2.67 bits per heavy atom. The first kappa shape index (κ1) is 12.8. The molecule has 1 heterocycles. The van der Waals surface area contributed by atoms with Gasteiger partial charge in [0.15, 0.2) is 11.6 Å². The second kappa shape index (κ2) is 4.94. The van der Waals surface area contributed by atoms with Gasteiger partial charge < -0.3 is 4.74 Å². The average molecular weight is 337 g/mol. The lowest BCUT2D eigenvalue weighted by atomic mass is 10.3. The Hall–Kier alpha value is -1.61. The van der Waals surface area contributed by atoms with Crippen molar-refractivity contribution in [3.63, 3.8) is 0 Å². The number of nitro benzene ring substituents is 1. The van der Waals surface area contributed by atoms with Crippen LogP contribution in [0.5, 0.6) is 10.9 Å². The van der Waals surface area contributed by atoms with Crippen LogP contribution in [0.15, 0.2) is 22.1 Å². The monoisotopic (exact) mass is 336 g/mol. The Kier molecular flexibility index (Phi) is 3.53. The lowest BCUT2D eigenvalue weighted by Gasteiger charge is -2.03. The summed E-state index contributed by atoms with van der Waals surface area (Å²) in [6.07, 6.45) is 0. The van der Waals surface area contributed by atoms with Crippen LogP contribution in [0.1, 0.15) is 0 Å². The minimum Gasteiger partial charge on any atom is -0.428 e. The summed E-state index contributed by atoms with van der Waals surface area (Å²) < 4.78 is 32.2. The van der Waals surface area contributed by atoms with Crippen LogP contribution < -0.4 is 4.74 Å². The van der Waals surface area contributed by atoms with E-state index >= 15 is 0 Å². The van der Waals surface area contributed by atoms with Gasteiger partial charge in [0.05, 0.1) is 11.0 Å². The van der Waals surface area contributed by atoms with E-state index < -0.39 is 28.0 Å². The lowest BCUT2D eigenvalue weighted by molar-refractivity contribution is -0.387. The molecule has 1 aromatic carbocycles. The van der Waals surface area contributed by atoms with Crippen molar-refractivity contribution in [2.45, 2.75) is 0 Å². The van der Waals surface area contributed by atoms with E-state index in [-0.39, 0.29) is 5.19 Å². The van der Waals surface area contributed by atoms with Crippen LogP contribution in [-0.4, -0.2) is 9.91 Å². The van der Waals surface area contributed by atoms with Gasteiger partial charge in [0.1, 0.15) is 4.60 Å². The van der Waals surface area contributed by atoms with Crippen molar-refractivity contribution in [3.8, 4) is 10.9 Å². The average Bonchev–Trinajstić information content (AvgIpc) is 2.68. The van der Waals surface area contributed by atoms with Crippen molar-refractivity contribution in [3.05, 3.63) is 43.9 Å². The number of ether oxygens (including phenoxy) is 1. The molecule has 0 aliphatic rings. The molecule has 0 radical (unpaired) electrons. The molecule has 0 aliphatic carbocycles. The van der Waals surface area contributed by atoms with E-state index in [9.17, 15) is 18.9 Å². The van der Waals surface area contributed by atoms with Crippen LogP contribution in [0.25, 0.3) is 0 Å². The highest BCUT2D eigenvalue weighted by Crippen LogP contribution is 2.32. The predicted molar refractivity (Wildman–Crippen MR) is 62.9 cm³/mol. The summed E-state index contributed by atoms with van der Waals surface area (Å²) in [4.78, 5) is 13.2. The molecule has 0 bridgehead atoms. The molecule has 1 aromatic heterocycles. The zero-order valence-electron chi connectivity index (χ0n) is 8.39. The van der Waals surface area contributed by atoms with E-state index in [1.807, 2.05) is 0 Å². The summed E-state index contributed by atoms with van der Waals surface area (Å²) in [5.41, 5.74) is -0.944. The molecule has 0 unspecified atom stereocenters. The van der Waals surface area contributed by atoms with Crippen LogP contribution in [0.2, 0.25) is 0 Å². The van der Waals surface area contributed by atoms with Gasteiger partial charge in [-0.3, -0.25) is 10.1 Å². The lowest BCUT2D eigenvalue weighted by Crippen LogP contribution is -1.96. The number of aromatic nitrogens is 1. The number of hydrogen-bond acceptors (Lipinski definition) is 5. The van der Waals surface area contributed by atoms with E-state index in [1.54, 1.807) is 5.38 Å². The van der Waals surface area contributed by atoms with Gasteiger partial charge in [-0.2, -0.15) is 9.37 Å². The maximum atomic E-state index is 13.5. The number of hydrogen-bond donors (Lipinski definition) is 0. The molecule has 2 rings (SSSR count). The van der Waals surface area contributed by atoms with Crippen LogP contribution in [0, 0.1) is 21.7 Å². The van der Waals surface area contributed by atoms with Crippen molar-refractivity contribution >= 4 is 33.0 Å². The first-order valence-electron chi connectivity index (χ1n) is 4.39. The number of rotatable bonds is 3. The minimum absolute atomic E-state index is 0.0917. The first-order chi connectivity index (χ1) is 8.47. The molecular formula is C9H3BrF2N2O3S. The standard InChI is InChI=1S/C9H3BrF2N2O3S/c10-8-3-18-9(13-8)17-7-2-4(11)6(14(15)16)1-5(7)12/h1-3H. The van der Waals surface area contributed by atoms with Crippen molar-refractivity contribution < 1.29 is 18.4 Å².